The molecule has 2 nitrogen and oxygen atoms in total. The molecule has 1 aliphatic rings. The van der Waals surface area contributed by atoms with Crippen LogP contribution in [0.25, 0.3) is 10.9 Å². The standard InChI is InChI=1S/C12H9NOS/c14-12-7-15-6-11-9(12)5-8-3-1-2-4-10(8)13-11/h1-5H,6-7H2. The van der Waals surface area contributed by atoms with Crippen LogP contribution in [0.3, 0.4) is 0 Å². The number of benzene rings is 1. The number of hydrogen-bond acceptors (Lipinski definition) is 3. The normalized spacial score (nSPS) is 15.3. The highest BCUT2D eigenvalue weighted by Crippen LogP contribution is 2.26. The van der Waals surface area contributed by atoms with Crippen LogP contribution in [-0.2, 0) is 5.75 Å². The van der Waals surface area contributed by atoms with E-state index in [9.17, 15) is 4.79 Å². The van der Waals surface area contributed by atoms with Crippen molar-refractivity contribution in [1.29, 1.82) is 0 Å². The van der Waals surface area contributed by atoms with Crippen LogP contribution < -0.4 is 0 Å². The minimum absolute atomic E-state index is 0.208. The number of carbonyl (C=O) groups is 1. The molecule has 0 saturated heterocycles. The molecular formula is C12H9NOS. The first-order valence-electron chi connectivity index (χ1n) is 4.84. The molecule has 3 heteroatoms. The Balaban J connectivity index is 2.32. The van der Waals surface area contributed by atoms with Gasteiger partial charge in [0.1, 0.15) is 0 Å². The van der Waals surface area contributed by atoms with Crippen LogP contribution in [0.4, 0.5) is 0 Å². The highest BCUT2D eigenvalue weighted by Gasteiger charge is 2.18. The molecule has 0 spiro atoms. The van der Waals surface area contributed by atoms with Crippen LogP contribution in [-0.4, -0.2) is 16.5 Å². The van der Waals surface area contributed by atoms with Crippen molar-refractivity contribution in [3.05, 3.63) is 41.6 Å². The second-order valence-corrected chi connectivity index (χ2v) is 4.58. The van der Waals surface area contributed by atoms with Gasteiger partial charge in [0.15, 0.2) is 5.78 Å². The van der Waals surface area contributed by atoms with Gasteiger partial charge in [0.2, 0.25) is 0 Å². The SMILES string of the molecule is O=C1CSCc2nc3ccccc3cc21. The fourth-order valence-electron chi connectivity index (χ4n) is 1.83. The van der Waals surface area contributed by atoms with E-state index in [0.29, 0.717) is 5.75 Å². The molecule has 1 aliphatic heterocycles. The molecule has 0 aliphatic carbocycles. The number of pyridine rings is 1. The van der Waals surface area contributed by atoms with Gasteiger partial charge in [-0.25, -0.2) is 0 Å². The number of rotatable bonds is 0. The highest BCUT2D eigenvalue weighted by molar-refractivity contribution is 7.99. The van der Waals surface area contributed by atoms with Crippen molar-refractivity contribution in [1.82, 2.24) is 4.98 Å². The van der Waals surface area contributed by atoms with Crippen molar-refractivity contribution in [3.8, 4) is 0 Å². The van der Waals surface area contributed by atoms with Crippen molar-refractivity contribution < 1.29 is 4.79 Å². The molecule has 0 amide bonds. The van der Waals surface area contributed by atoms with Gasteiger partial charge in [-0.1, -0.05) is 18.2 Å². The predicted octanol–water partition coefficient (Wildman–Crippen LogP) is 2.66. The van der Waals surface area contributed by atoms with Gasteiger partial charge in [-0.3, -0.25) is 9.78 Å². The first-order valence-corrected chi connectivity index (χ1v) is 6.00. The molecule has 0 atom stereocenters. The Hall–Kier alpha value is -1.35. The van der Waals surface area contributed by atoms with Gasteiger partial charge >= 0.3 is 0 Å². The molecule has 0 fully saturated rings. The first-order chi connectivity index (χ1) is 7.34. The molecule has 0 bridgehead atoms. The minimum atomic E-state index is 0.208. The average Bonchev–Trinajstić information content (AvgIpc) is 2.27. The lowest BCUT2D eigenvalue weighted by atomic mass is 10.1. The highest BCUT2D eigenvalue weighted by atomic mass is 32.2. The average molecular weight is 215 g/mol. The Morgan fingerprint density at radius 3 is 3.00 bits per heavy atom. The third kappa shape index (κ3) is 1.43. The summed E-state index contributed by atoms with van der Waals surface area (Å²) < 4.78 is 0. The molecule has 1 aromatic heterocycles. The third-order valence-corrected chi connectivity index (χ3v) is 3.52. The van der Waals surface area contributed by atoms with Gasteiger partial charge in [-0.2, -0.15) is 0 Å². The molecule has 1 aromatic carbocycles. The molecule has 15 heavy (non-hydrogen) atoms. The Bertz CT molecular complexity index is 550. The maximum atomic E-state index is 11.7. The number of hydrogen-bond donors (Lipinski definition) is 0. The third-order valence-electron chi connectivity index (χ3n) is 2.58. The Morgan fingerprint density at radius 1 is 1.20 bits per heavy atom. The summed E-state index contributed by atoms with van der Waals surface area (Å²) in [6.45, 7) is 0. The molecule has 2 heterocycles. The second-order valence-electron chi connectivity index (χ2n) is 3.59. The number of para-hydroxylation sites is 1. The van der Waals surface area contributed by atoms with Crippen molar-refractivity contribution in [2.75, 3.05) is 5.75 Å². The van der Waals surface area contributed by atoms with Crippen LogP contribution in [0.15, 0.2) is 30.3 Å². The lowest BCUT2D eigenvalue weighted by Crippen LogP contribution is -2.13. The van der Waals surface area contributed by atoms with E-state index < -0.39 is 0 Å². The monoisotopic (exact) mass is 215 g/mol. The molecule has 2 aromatic rings. The van der Waals surface area contributed by atoms with Gasteiger partial charge in [-0.05, 0) is 12.1 Å². The number of thioether (sulfide) groups is 1. The van der Waals surface area contributed by atoms with Gasteiger partial charge < -0.3 is 0 Å². The summed E-state index contributed by atoms with van der Waals surface area (Å²) in [6.07, 6.45) is 0. The lowest BCUT2D eigenvalue weighted by Gasteiger charge is -2.13. The summed E-state index contributed by atoms with van der Waals surface area (Å²) in [6, 6.07) is 9.90. The zero-order valence-corrected chi connectivity index (χ0v) is 8.88. The van der Waals surface area contributed by atoms with E-state index in [1.807, 2.05) is 30.3 Å². The number of Topliss-reactive ketones (excluding diaryl/α,β-unsaturated/α-hetero) is 1. The van der Waals surface area contributed by atoms with Gasteiger partial charge in [0.25, 0.3) is 0 Å². The summed E-state index contributed by atoms with van der Waals surface area (Å²) in [5.41, 5.74) is 2.73. The van der Waals surface area contributed by atoms with Crippen LogP contribution in [0.5, 0.6) is 0 Å². The van der Waals surface area contributed by atoms with Crippen molar-refractivity contribution in [3.63, 3.8) is 0 Å². The Labute approximate surface area is 91.7 Å². The number of nitrogens with zero attached hydrogens (tertiary/aromatic N) is 1. The second kappa shape index (κ2) is 3.35. The lowest BCUT2D eigenvalue weighted by molar-refractivity contribution is 0.102. The summed E-state index contributed by atoms with van der Waals surface area (Å²) in [5, 5.41) is 1.05. The number of fused-ring (bicyclic) bond motifs is 2. The summed E-state index contributed by atoms with van der Waals surface area (Å²) >= 11 is 1.64. The zero-order valence-electron chi connectivity index (χ0n) is 8.06. The maximum absolute atomic E-state index is 11.7. The molecule has 0 radical (unpaired) electrons. The summed E-state index contributed by atoms with van der Waals surface area (Å²) in [4.78, 5) is 16.2. The van der Waals surface area contributed by atoms with Crippen LogP contribution in [0.1, 0.15) is 16.1 Å². The fraction of sp³-hybridized carbons (Fsp3) is 0.167. The van der Waals surface area contributed by atoms with Crippen LogP contribution in [0, 0.1) is 0 Å². The number of carbonyl (C=O) groups excluding carboxylic acids is 1. The fourth-order valence-corrected chi connectivity index (χ4v) is 2.68. The van der Waals surface area contributed by atoms with Crippen LogP contribution in [0.2, 0.25) is 0 Å². The molecule has 0 N–H and O–H groups in total. The maximum Gasteiger partial charge on any atom is 0.174 e. The van der Waals surface area contributed by atoms with E-state index in [4.69, 9.17) is 0 Å². The zero-order chi connectivity index (χ0) is 10.3. The molecule has 74 valence electrons. The van der Waals surface area contributed by atoms with E-state index in [1.54, 1.807) is 11.8 Å². The Kier molecular flexibility index (Phi) is 1.99. The van der Waals surface area contributed by atoms with Gasteiger partial charge in [0.05, 0.1) is 17.0 Å². The van der Waals surface area contributed by atoms with E-state index in [0.717, 1.165) is 27.9 Å². The molecular weight excluding hydrogens is 206 g/mol. The largest absolute Gasteiger partial charge is 0.293 e. The smallest absolute Gasteiger partial charge is 0.174 e. The first kappa shape index (κ1) is 8.92. The van der Waals surface area contributed by atoms with Crippen molar-refractivity contribution >= 4 is 28.4 Å². The van der Waals surface area contributed by atoms with E-state index >= 15 is 0 Å². The predicted molar refractivity (Wildman–Crippen MR) is 62.2 cm³/mol. The Morgan fingerprint density at radius 2 is 2.07 bits per heavy atom. The topological polar surface area (TPSA) is 30.0 Å². The van der Waals surface area contributed by atoms with Gasteiger partial charge in [0, 0.05) is 16.7 Å². The summed E-state index contributed by atoms with van der Waals surface area (Å²) in [5.74, 6) is 1.65. The molecule has 0 saturated carbocycles. The number of ketones is 1. The quantitative estimate of drug-likeness (QED) is 0.676. The van der Waals surface area contributed by atoms with Crippen molar-refractivity contribution in [2.45, 2.75) is 5.75 Å². The van der Waals surface area contributed by atoms with Crippen molar-refractivity contribution in [2.24, 2.45) is 0 Å². The van der Waals surface area contributed by atoms with Crippen LogP contribution >= 0.6 is 11.8 Å². The number of aromatic nitrogens is 1. The van der Waals surface area contributed by atoms with E-state index in [1.165, 1.54) is 0 Å². The minimum Gasteiger partial charge on any atom is -0.293 e. The van der Waals surface area contributed by atoms with Gasteiger partial charge in [-0.15, -0.1) is 11.8 Å². The summed E-state index contributed by atoms with van der Waals surface area (Å²) in [7, 11) is 0. The molecule has 3 rings (SSSR count). The molecule has 0 unspecified atom stereocenters. The van der Waals surface area contributed by atoms with E-state index in [-0.39, 0.29) is 5.78 Å². The van der Waals surface area contributed by atoms with E-state index in [2.05, 4.69) is 4.98 Å².